The van der Waals surface area contributed by atoms with E-state index in [1.165, 1.54) is 0 Å². The molecule has 0 bridgehead atoms. The number of hydrogen-bond acceptors (Lipinski definition) is 5. The van der Waals surface area contributed by atoms with Crippen molar-refractivity contribution in [3.63, 3.8) is 0 Å². The van der Waals surface area contributed by atoms with Gasteiger partial charge in [0, 0.05) is 24.2 Å². The van der Waals surface area contributed by atoms with Gasteiger partial charge in [-0.05, 0) is 43.4 Å². The number of allylic oxidation sites excluding steroid dienone is 2. The van der Waals surface area contributed by atoms with Gasteiger partial charge in [-0.25, -0.2) is 4.68 Å². The third-order valence-electron chi connectivity index (χ3n) is 4.49. The van der Waals surface area contributed by atoms with Gasteiger partial charge in [0.1, 0.15) is 5.75 Å². The summed E-state index contributed by atoms with van der Waals surface area (Å²) in [5.41, 5.74) is 2.59. The zero-order valence-corrected chi connectivity index (χ0v) is 15.3. The number of nitrogens with one attached hydrogen (secondary N) is 1. The SMILES string of the molecule is CN=c1scc(-c2ccc3c(c2)NC(=O)CO3)n1N=CC1CC=CCC1. The fraction of sp³-hybridized carbons (Fsp3) is 0.316. The van der Waals surface area contributed by atoms with Crippen LogP contribution in [0.2, 0.25) is 0 Å². The van der Waals surface area contributed by atoms with Crippen molar-refractivity contribution >= 4 is 29.1 Å². The molecule has 0 fully saturated rings. The van der Waals surface area contributed by atoms with Gasteiger partial charge in [0.05, 0.1) is 11.4 Å². The summed E-state index contributed by atoms with van der Waals surface area (Å²) in [6.45, 7) is 0.0593. The monoisotopic (exact) mass is 368 g/mol. The topological polar surface area (TPSA) is 68.0 Å². The number of thiazole rings is 1. The van der Waals surface area contributed by atoms with Gasteiger partial charge >= 0.3 is 0 Å². The van der Waals surface area contributed by atoms with E-state index in [1.54, 1.807) is 18.4 Å². The fourth-order valence-corrected chi connectivity index (χ4v) is 3.92. The van der Waals surface area contributed by atoms with Crippen LogP contribution in [0.25, 0.3) is 11.3 Å². The summed E-state index contributed by atoms with van der Waals surface area (Å²) in [6, 6.07) is 5.78. The predicted octanol–water partition coefficient (Wildman–Crippen LogP) is 3.27. The molecule has 0 saturated carbocycles. The quantitative estimate of drug-likeness (QED) is 0.667. The van der Waals surface area contributed by atoms with Gasteiger partial charge in [0.2, 0.25) is 4.80 Å². The summed E-state index contributed by atoms with van der Waals surface area (Å²) in [4.78, 5) is 16.8. The molecule has 2 aromatic rings. The number of benzene rings is 1. The molecule has 6 nitrogen and oxygen atoms in total. The largest absolute Gasteiger partial charge is 0.482 e. The van der Waals surface area contributed by atoms with Crippen molar-refractivity contribution in [2.75, 3.05) is 19.0 Å². The van der Waals surface area contributed by atoms with E-state index in [1.807, 2.05) is 34.5 Å². The molecule has 1 aromatic carbocycles. The van der Waals surface area contributed by atoms with E-state index in [-0.39, 0.29) is 12.5 Å². The number of aromatic nitrogens is 1. The minimum absolute atomic E-state index is 0.0593. The number of fused-ring (bicyclic) bond motifs is 1. The van der Waals surface area contributed by atoms with Crippen LogP contribution in [0.15, 0.2) is 45.8 Å². The van der Waals surface area contributed by atoms with Gasteiger partial charge in [-0.3, -0.25) is 9.79 Å². The van der Waals surface area contributed by atoms with Crippen LogP contribution in [0, 0.1) is 5.92 Å². The Bertz CT molecular complexity index is 955. The number of carbonyl (C=O) groups excluding carboxylic acids is 1. The number of ether oxygens (including phenoxy) is 1. The van der Waals surface area contributed by atoms with E-state index in [9.17, 15) is 4.79 Å². The normalized spacial score (nSPS) is 20.1. The Morgan fingerprint density at radius 1 is 1.38 bits per heavy atom. The zero-order chi connectivity index (χ0) is 17.9. The molecular formula is C19H20N4O2S. The average Bonchev–Trinajstić information content (AvgIpc) is 3.09. The second-order valence-corrected chi connectivity index (χ2v) is 7.13. The second kappa shape index (κ2) is 7.29. The van der Waals surface area contributed by atoms with Crippen LogP contribution in [0.4, 0.5) is 5.69 Å². The molecule has 0 radical (unpaired) electrons. The Hall–Kier alpha value is -2.67. The van der Waals surface area contributed by atoms with E-state index in [2.05, 4.69) is 22.5 Å². The van der Waals surface area contributed by atoms with Gasteiger partial charge in [0.15, 0.2) is 6.61 Å². The molecule has 1 aliphatic heterocycles. The molecule has 4 rings (SSSR count). The summed E-state index contributed by atoms with van der Waals surface area (Å²) in [6.07, 6.45) is 9.73. The first kappa shape index (κ1) is 16.8. The zero-order valence-electron chi connectivity index (χ0n) is 14.5. The Morgan fingerprint density at radius 3 is 3.12 bits per heavy atom. The van der Waals surface area contributed by atoms with Gasteiger partial charge in [-0.1, -0.05) is 12.2 Å². The predicted molar refractivity (Wildman–Crippen MR) is 104 cm³/mol. The summed E-state index contributed by atoms with van der Waals surface area (Å²) in [5.74, 6) is 1.01. The van der Waals surface area contributed by atoms with E-state index >= 15 is 0 Å². The maximum Gasteiger partial charge on any atom is 0.262 e. The van der Waals surface area contributed by atoms with Crippen molar-refractivity contribution in [1.82, 2.24) is 4.68 Å². The maximum absolute atomic E-state index is 11.6. The molecule has 1 unspecified atom stereocenters. The van der Waals surface area contributed by atoms with Crippen LogP contribution in [0.1, 0.15) is 19.3 Å². The minimum Gasteiger partial charge on any atom is -0.482 e. The van der Waals surface area contributed by atoms with Crippen molar-refractivity contribution in [3.8, 4) is 17.0 Å². The third kappa shape index (κ3) is 3.35. The Kier molecular flexibility index (Phi) is 4.71. The van der Waals surface area contributed by atoms with Crippen LogP contribution in [0.3, 0.4) is 0 Å². The molecule has 1 N–H and O–H groups in total. The van der Waals surface area contributed by atoms with Crippen LogP contribution >= 0.6 is 11.3 Å². The smallest absolute Gasteiger partial charge is 0.262 e. The lowest BCUT2D eigenvalue weighted by Crippen LogP contribution is -2.25. The summed E-state index contributed by atoms with van der Waals surface area (Å²) >= 11 is 1.55. The lowest BCUT2D eigenvalue weighted by atomic mass is 9.96. The Labute approximate surface area is 155 Å². The first-order valence-electron chi connectivity index (χ1n) is 8.64. The minimum atomic E-state index is -0.138. The van der Waals surface area contributed by atoms with Gasteiger partial charge in [0.25, 0.3) is 5.91 Å². The van der Waals surface area contributed by atoms with Crippen LogP contribution in [-0.2, 0) is 4.79 Å². The number of rotatable bonds is 3. The first-order chi connectivity index (χ1) is 12.7. The molecule has 0 spiro atoms. The summed E-state index contributed by atoms with van der Waals surface area (Å²) in [7, 11) is 1.77. The van der Waals surface area contributed by atoms with Gasteiger partial charge in [-0.2, -0.15) is 5.10 Å². The molecule has 1 aliphatic carbocycles. The van der Waals surface area contributed by atoms with Crippen LogP contribution in [0.5, 0.6) is 5.75 Å². The molecule has 2 heterocycles. The maximum atomic E-state index is 11.6. The molecule has 26 heavy (non-hydrogen) atoms. The summed E-state index contributed by atoms with van der Waals surface area (Å²) in [5, 5.41) is 9.61. The molecule has 134 valence electrons. The highest BCUT2D eigenvalue weighted by Crippen LogP contribution is 2.32. The molecule has 0 saturated heterocycles. The number of amides is 1. The van der Waals surface area contributed by atoms with E-state index in [4.69, 9.17) is 9.84 Å². The number of nitrogens with zero attached hydrogens (tertiary/aromatic N) is 3. The highest BCUT2D eigenvalue weighted by atomic mass is 32.1. The molecular weight excluding hydrogens is 348 g/mol. The highest BCUT2D eigenvalue weighted by Gasteiger charge is 2.18. The van der Waals surface area contributed by atoms with Crippen LogP contribution < -0.4 is 14.9 Å². The van der Waals surface area contributed by atoms with Crippen molar-refractivity contribution in [3.05, 3.63) is 40.5 Å². The number of hydrogen-bond donors (Lipinski definition) is 1. The average molecular weight is 368 g/mol. The van der Waals surface area contributed by atoms with E-state index in [0.29, 0.717) is 17.4 Å². The van der Waals surface area contributed by atoms with Crippen molar-refractivity contribution in [2.24, 2.45) is 16.0 Å². The molecule has 1 amide bonds. The fourth-order valence-electron chi connectivity index (χ4n) is 3.12. The van der Waals surface area contributed by atoms with Gasteiger partial charge < -0.3 is 10.1 Å². The van der Waals surface area contributed by atoms with Crippen molar-refractivity contribution in [1.29, 1.82) is 0 Å². The third-order valence-corrected chi connectivity index (χ3v) is 5.39. The number of anilines is 1. The first-order valence-corrected chi connectivity index (χ1v) is 9.52. The number of carbonyl (C=O) groups is 1. The lowest BCUT2D eigenvalue weighted by molar-refractivity contribution is -0.118. The van der Waals surface area contributed by atoms with Crippen LogP contribution in [-0.4, -0.2) is 30.5 Å². The standard InChI is InChI=1S/C19H20N4O2S/c1-20-19-23(21-10-13-5-3-2-4-6-13)16(12-26-19)14-7-8-17-15(9-14)22-18(24)11-25-17/h2-3,7-10,12-13H,4-6,11H2,1H3,(H,22,24). The molecule has 1 aromatic heterocycles. The molecule has 7 heteroatoms. The van der Waals surface area contributed by atoms with Crippen molar-refractivity contribution in [2.45, 2.75) is 19.3 Å². The highest BCUT2D eigenvalue weighted by molar-refractivity contribution is 7.07. The lowest BCUT2D eigenvalue weighted by Gasteiger charge is -2.18. The van der Waals surface area contributed by atoms with E-state index < -0.39 is 0 Å². The molecule has 1 atom stereocenters. The Morgan fingerprint density at radius 2 is 2.31 bits per heavy atom. The molecule has 2 aliphatic rings. The summed E-state index contributed by atoms with van der Waals surface area (Å²) < 4.78 is 7.31. The Balaban J connectivity index is 1.70. The second-order valence-electron chi connectivity index (χ2n) is 6.30. The van der Waals surface area contributed by atoms with Gasteiger partial charge in [-0.15, -0.1) is 11.3 Å². The van der Waals surface area contributed by atoms with E-state index in [0.717, 1.165) is 35.3 Å². The van der Waals surface area contributed by atoms with Crippen molar-refractivity contribution < 1.29 is 9.53 Å².